The monoisotopic (exact) mass is 309 g/mol. The molecular weight excluding hydrogens is 293 g/mol. The second-order valence-corrected chi connectivity index (χ2v) is 4.94. The van der Waals surface area contributed by atoms with Crippen LogP contribution in [0.15, 0.2) is 36.4 Å². The summed E-state index contributed by atoms with van der Waals surface area (Å²) in [6, 6.07) is 9.97. The molecule has 0 aromatic heterocycles. The van der Waals surface area contributed by atoms with Gasteiger partial charge in [-0.2, -0.15) is 0 Å². The lowest BCUT2D eigenvalue weighted by Crippen LogP contribution is -2.18. The van der Waals surface area contributed by atoms with Crippen LogP contribution >= 0.6 is 11.6 Å². The SMILES string of the molecule is CNC(c1ccc(F)c(OC)c1)c1cc(Cl)ccc1OC. The Morgan fingerprint density at radius 1 is 1.05 bits per heavy atom. The van der Waals surface area contributed by atoms with E-state index in [2.05, 4.69) is 5.32 Å². The molecule has 0 saturated heterocycles. The summed E-state index contributed by atoms with van der Waals surface area (Å²) in [4.78, 5) is 0. The van der Waals surface area contributed by atoms with Crippen molar-refractivity contribution in [2.24, 2.45) is 0 Å². The molecule has 0 aliphatic rings. The molecule has 0 fully saturated rings. The molecule has 0 radical (unpaired) electrons. The van der Waals surface area contributed by atoms with Gasteiger partial charge in [-0.15, -0.1) is 0 Å². The highest BCUT2D eigenvalue weighted by Crippen LogP contribution is 2.33. The number of methoxy groups -OCH3 is 2. The van der Waals surface area contributed by atoms with Crippen molar-refractivity contribution in [2.75, 3.05) is 21.3 Å². The fourth-order valence-electron chi connectivity index (χ4n) is 2.29. The Hall–Kier alpha value is -1.78. The van der Waals surface area contributed by atoms with Crippen molar-refractivity contribution in [3.8, 4) is 11.5 Å². The van der Waals surface area contributed by atoms with Crippen LogP contribution in [0.4, 0.5) is 4.39 Å². The molecule has 2 aromatic rings. The van der Waals surface area contributed by atoms with E-state index in [4.69, 9.17) is 21.1 Å². The van der Waals surface area contributed by atoms with Crippen molar-refractivity contribution in [3.05, 3.63) is 58.4 Å². The number of ether oxygens (including phenoxy) is 2. The van der Waals surface area contributed by atoms with E-state index in [1.54, 1.807) is 25.3 Å². The first-order valence-electron chi connectivity index (χ1n) is 6.44. The molecule has 0 aliphatic carbocycles. The molecule has 1 unspecified atom stereocenters. The third-order valence-corrected chi connectivity index (χ3v) is 3.54. The second-order valence-electron chi connectivity index (χ2n) is 4.50. The Kier molecular flexibility index (Phi) is 5.04. The molecule has 0 amide bonds. The minimum atomic E-state index is -0.394. The molecule has 21 heavy (non-hydrogen) atoms. The highest BCUT2D eigenvalue weighted by atomic mass is 35.5. The lowest BCUT2D eigenvalue weighted by molar-refractivity contribution is 0.385. The molecule has 0 bridgehead atoms. The zero-order chi connectivity index (χ0) is 15.4. The zero-order valence-corrected chi connectivity index (χ0v) is 12.9. The van der Waals surface area contributed by atoms with Crippen molar-refractivity contribution in [1.82, 2.24) is 5.32 Å². The van der Waals surface area contributed by atoms with Gasteiger partial charge in [0, 0.05) is 10.6 Å². The van der Waals surface area contributed by atoms with Gasteiger partial charge in [-0.25, -0.2) is 4.39 Å². The van der Waals surface area contributed by atoms with Gasteiger partial charge in [-0.1, -0.05) is 17.7 Å². The van der Waals surface area contributed by atoms with Gasteiger partial charge in [-0.3, -0.25) is 0 Å². The Balaban J connectivity index is 2.51. The Morgan fingerprint density at radius 3 is 2.38 bits per heavy atom. The van der Waals surface area contributed by atoms with E-state index in [0.717, 1.165) is 11.1 Å². The largest absolute Gasteiger partial charge is 0.496 e. The third kappa shape index (κ3) is 3.28. The second kappa shape index (κ2) is 6.78. The fraction of sp³-hybridized carbons (Fsp3) is 0.250. The van der Waals surface area contributed by atoms with Gasteiger partial charge in [-0.05, 0) is 42.9 Å². The van der Waals surface area contributed by atoms with E-state index in [1.165, 1.54) is 13.2 Å². The molecule has 2 rings (SSSR count). The smallest absolute Gasteiger partial charge is 0.165 e. The van der Waals surface area contributed by atoms with Crippen molar-refractivity contribution >= 4 is 11.6 Å². The van der Waals surface area contributed by atoms with Crippen molar-refractivity contribution in [1.29, 1.82) is 0 Å². The summed E-state index contributed by atoms with van der Waals surface area (Å²) >= 11 is 6.08. The number of halogens is 2. The fourth-order valence-corrected chi connectivity index (χ4v) is 2.47. The van der Waals surface area contributed by atoms with E-state index >= 15 is 0 Å². The average molecular weight is 310 g/mol. The van der Waals surface area contributed by atoms with E-state index in [0.29, 0.717) is 10.8 Å². The van der Waals surface area contributed by atoms with E-state index in [-0.39, 0.29) is 11.8 Å². The lowest BCUT2D eigenvalue weighted by Gasteiger charge is -2.21. The topological polar surface area (TPSA) is 30.5 Å². The first kappa shape index (κ1) is 15.6. The highest BCUT2D eigenvalue weighted by Gasteiger charge is 2.18. The average Bonchev–Trinajstić information content (AvgIpc) is 2.50. The van der Waals surface area contributed by atoms with Crippen LogP contribution in [-0.4, -0.2) is 21.3 Å². The number of hydrogen-bond donors (Lipinski definition) is 1. The summed E-state index contributed by atoms with van der Waals surface area (Å²) in [6.45, 7) is 0. The first-order valence-corrected chi connectivity index (χ1v) is 6.82. The molecule has 0 heterocycles. The minimum absolute atomic E-state index is 0.187. The van der Waals surface area contributed by atoms with Crippen LogP contribution in [0.5, 0.6) is 11.5 Å². The standard InChI is InChI=1S/C16H17ClFNO2/c1-19-16(10-4-6-13(18)15(8-10)21-3)12-9-11(17)5-7-14(12)20-2/h4-9,16,19H,1-3H3. The Bertz CT molecular complexity index is 634. The van der Waals surface area contributed by atoms with E-state index < -0.39 is 5.82 Å². The Labute approximate surface area is 128 Å². The van der Waals surface area contributed by atoms with Gasteiger partial charge in [0.1, 0.15) is 5.75 Å². The maximum Gasteiger partial charge on any atom is 0.165 e. The summed E-state index contributed by atoms with van der Waals surface area (Å²) < 4.78 is 24.0. The van der Waals surface area contributed by atoms with Crippen LogP contribution < -0.4 is 14.8 Å². The van der Waals surface area contributed by atoms with E-state index in [9.17, 15) is 4.39 Å². The van der Waals surface area contributed by atoms with Crippen LogP contribution in [0.25, 0.3) is 0 Å². The number of rotatable bonds is 5. The summed E-state index contributed by atoms with van der Waals surface area (Å²) in [6.07, 6.45) is 0. The van der Waals surface area contributed by atoms with Crippen LogP contribution in [0.2, 0.25) is 5.02 Å². The Morgan fingerprint density at radius 2 is 1.76 bits per heavy atom. The maximum atomic E-state index is 13.6. The van der Waals surface area contributed by atoms with Gasteiger partial charge in [0.05, 0.1) is 20.3 Å². The van der Waals surface area contributed by atoms with Gasteiger partial charge >= 0.3 is 0 Å². The van der Waals surface area contributed by atoms with Gasteiger partial charge in [0.2, 0.25) is 0 Å². The molecule has 1 atom stereocenters. The van der Waals surface area contributed by atoms with Crippen LogP contribution in [0, 0.1) is 5.82 Å². The highest BCUT2D eigenvalue weighted by molar-refractivity contribution is 6.30. The predicted molar refractivity (Wildman–Crippen MR) is 81.9 cm³/mol. The molecule has 0 spiro atoms. The van der Waals surface area contributed by atoms with Gasteiger partial charge in [0.25, 0.3) is 0 Å². The molecule has 0 aliphatic heterocycles. The quantitative estimate of drug-likeness (QED) is 0.911. The normalized spacial score (nSPS) is 12.0. The maximum absolute atomic E-state index is 13.6. The molecule has 5 heteroatoms. The number of benzene rings is 2. The summed E-state index contributed by atoms with van der Waals surface area (Å²) in [5, 5.41) is 3.80. The molecule has 2 aromatic carbocycles. The first-order chi connectivity index (χ1) is 10.1. The van der Waals surface area contributed by atoms with Gasteiger partial charge < -0.3 is 14.8 Å². The van der Waals surface area contributed by atoms with Crippen molar-refractivity contribution in [3.63, 3.8) is 0 Å². The molecule has 3 nitrogen and oxygen atoms in total. The number of hydrogen-bond acceptors (Lipinski definition) is 3. The zero-order valence-electron chi connectivity index (χ0n) is 12.1. The summed E-state index contributed by atoms with van der Waals surface area (Å²) in [5.74, 6) is 0.518. The molecule has 112 valence electrons. The van der Waals surface area contributed by atoms with Crippen LogP contribution in [-0.2, 0) is 0 Å². The van der Waals surface area contributed by atoms with Crippen LogP contribution in [0.1, 0.15) is 17.2 Å². The predicted octanol–water partition coefficient (Wildman–Crippen LogP) is 3.81. The van der Waals surface area contributed by atoms with Crippen molar-refractivity contribution in [2.45, 2.75) is 6.04 Å². The number of nitrogens with one attached hydrogen (secondary N) is 1. The van der Waals surface area contributed by atoms with Crippen LogP contribution in [0.3, 0.4) is 0 Å². The van der Waals surface area contributed by atoms with E-state index in [1.807, 2.05) is 19.2 Å². The van der Waals surface area contributed by atoms with Gasteiger partial charge in [0.15, 0.2) is 11.6 Å². The lowest BCUT2D eigenvalue weighted by atomic mass is 9.97. The molecular formula is C16H17ClFNO2. The van der Waals surface area contributed by atoms with Crippen molar-refractivity contribution < 1.29 is 13.9 Å². The summed E-state index contributed by atoms with van der Waals surface area (Å²) in [5.41, 5.74) is 1.73. The molecule has 0 saturated carbocycles. The minimum Gasteiger partial charge on any atom is -0.496 e. The third-order valence-electron chi connectivity index (χ3n) is 3.30. The molecule has 1 N–H and O–H groups in total. The summed E-state index contributed by atoms with van der Waals surface area (Å²) in [7, 11) is 4.86.